The topological polar surface area (TPSA) is 64.2 Å². The highest BCUT2D eigenvalue weighted by atomic mass is 35.5. The molecular formula is C12H21ClN4O. The third-order valence-corrected chi connectivity index (χ3v) is 3.25. The number of anilines is 1. The molecule has 2 N–H and O–H groups in total. The van der Waals surface area contributed by atoms with Crippen LogP contribution < -0.4 is 16.2 Å². The fraction of sp³-hybridized carbons (Fsp3) is 0.667. The lowest BCUT2D eigenvalue weighted by molar-refractivity contribution is 0.385. The van der Waals surface area contributed by atoms with Gasteiger partial charge in [0.1, 0.15) is 5.02 Å². The van der Waals surface area contributed by atoms with Gasteiger partial charge in [-0.05, 0) is 18.9 Å². The molecule has 0 saturated carbocycles. The number of hydrogen-bond acceptors (Lipinski definition) is 4. The molecule has 5 nitrogen and oxygen atoms in total. The monoisotopic (exact) mass is 272 g/mol. The summed E-state index contributed by atoms with van der Waals surface area (Å²) in [6.07, 6.45) is 1.62. The SMILES string of the molecule is CCn1ncc(N(C)CC(C)(C)CN)c(Cl)c1=O. The minimum atomic E-state index is -0.255. The van der Waals surface area contributed by atoms with E-state index in [4.69, 9.17) is 17.3 Å². The van der Waals surface area contributed by atoms with Crippen molar-refractivity contribution >= 4 is 17.3 Å². The average Bonchev–Trinajstić information content (AvgIpc) is 2.32. The number of nitrogens with zero attached hydrogens (tertiary/aromatic N) is 3. The summed E-state index contributed by atoms with van der Waals surface area (Å²) in [7, 11) is 1.88. The molecular weight excluding hydrogens is 252 g/mol. The molecule has 1 aromatic heterocycles. The zero-order chi connectivity index (χ0) is 13.9. The summed E-state index contributed by atoms with van der Waals surface area (Å²) in [6.45, 7) is 7.77. The third kappa shape index (κ3) is 3.23. The Kier molecular flexibility index (Phi) is 4.76. The maximum atomic E-state index is 11.9. The zero-order valence-electron chi connectivity index (χ0n) is 11.4. The van der Waals surface area contributed by atoms with Gasteiger partial charge in [0, 0.05) is 20.1 Å². The van der Waals surface area contributed by atoms with E-state index in [-0.39, 0.29) is 16.0 Å². The Morgan fingerprint density at radius 3 is 2.67 bits per heavy atom. The van der Waals surface area contributed by atoms with E-state index in [9.17, 15) is 4.79 Å². The van der Waals surface area contributed by atoms with Crippen LogP contribution >= 0.6 is 11.6 Å². The normalized spacial score (nSPS) is 11.7. The highest BCUT2D eigenvalue weighted by Gasteiger charge is 2.21. The lowest BCUT2D eigenvalue weighted by Gasteiger charge is -2.30. The maximum Gasteiger partial charge on any atom is 0.287 e. The highest BCUT2D eigenvalue weighted by Crippen LogP contribution is 2.23. The van der Waals surface area contributed by atoms with Crippen LogP contribution in [0.25, 0.3) is 0 Å². The summed E-state index contributed by atoms with van der Waals surface area (Å²) in [5.41, 5.74) is 6.05. The van der Waals surface area contributed by atoms with Gasteiger partial charge in [-0.25, -0.2) is 4.68 Å². The van der Waals surface area contributed by atoms with E-state index in [0.717, 1.165) is 0 Å². The van der Waals surface area contributed by atoms with Gasteiger partial charge in [-0.15, -0.1) is 0 Å². The molecule has 0 aliphatic carbocycles. The van der Waals surface area contributed by atoms with Crippen LogP contribution in [-0.2, 0) is 6.54 Å². The number of rotatable bonds is 5. The molecule has 102 valence electrons. The van der Waals surface area contributed by atoms with Crippen LogP contribution in [0.5, 0.6) is 0 Å². The minimum absolute atomic E-state index is 0.0440. The molecule has 0 spiro atoms. The molecule has 6 heteroatoms. The van der Waals surface area contributed by atoms with Crippen molar-refractivity contribution in [3.05, 3.63) is 21.6 Å². The van der Waals surface area contributed by atoms with Crippen LogP contribution in [0.4, 0.5) is 5.69 Å². The second-order valence-corrected chi connectivity index (χ2v) is 5.57. The van der Waals surface area contributed by atoms with Crippen molar-refractivity contribution in [1.82, 2.24) is 9.78 Å². The van der Waals surface area contributed by atoms with Crippen molar-refractivity contribution in [2.45, 2.75) is 27.3 Å². The Hall–Kier alpha value is -1.07. The first-order valence-corrected chi connectivity index (χ1v) is 6.37. The van der Waals surface area contributed by atoms with Crippen molar-refractivity contribution in [3.8, 4) is 0 Å². The van der Waals surface area contributed by atoms with Gasteiger partial charge >= 0.3 is 0 Å². The van der Waals surface area contributed by atoms with Crippen LogP contribution in [0.15, 0.2) is 11.0 Å². The summed E-state index contributed by atoms with van der Waals surface area (Å²) in [4.78, 5) is 13.8. The average molecular weight is 273 g/mol. The molecule has 0 fully saturated rings. The molecule has 1 heterocycles. The number of aromatic nitrogens is 2. The number of hydrogen-bond donors (Lipinski definition) is 1. The molecule has 0 aliphatic rings. The predicted octanol–water partition coefficient (Wildman–Crippen LogP) is 1.34. The molecule has 0 atom stereocenters. The van der Waals surface area contributed by atoms with Gasteiger partial charge in [-0.1, -0.05) is 25.4 Å². The molecule has 0 aliphatic heterocycles. The standard InChI is InChI=1S/C12H21ClN4O/c1-5-17-11(18)10(13)9(6-15-17)16(4)8-12(2,3)7-14/h6H,5,7-8,14H2,1-4H3. The summed E-state index contributed by atoms with van der Waals surface area (Å²) in [6, 6.07) is 0. The molecule has 0 amide bonds. The van der Waals surface area contributed by atoms with E-state index >= 15 is 0 Å². The van der Waals surface area contributed by atoms with Gasteiger partial charge in [0.15, 0.2) is 0 Å². The van der Waals surface area contributed by atoms with E-state index in [0.29, 0.717) is 25.3 Å². The predicted molar refractivity (Wildman–Crippen MR) is 75.3 cm³/mol. The van der Waals surface area contributed by atoms with Gasteiger partial charge in [-0.2, -0.15) is 5.10 Å². The summed E-state index contributed by atoms with van der Waals surface area (Å²) < 4.78 is 1.34. The lowest BCUT2D eigenvalue weighted by Crippen LogP contribution is -2.37. The Morgan fingerprint density at radius 1 is 1.56 bits per heavy atom. The molecule has 0 bridgehead atoms. The molecule has 0 unspecified atom stereocenters. The first-order chi connectivity index (χ1) is 8.32. The molecule has 18 heavy (non-hydrogen) atoms. The van der Waals surface area contributed by atoms with Gasteiger partial charge in [0.05, 0.1) is 11.9 Å². The third-order valence-electron chi connectivity index (χ3n) is 2.90. The van der Waals surface area contributed by atoms with Crippen molar-refractivity contribution in [1.29, 1.82) is 0 Å². The first kappa shape index (κ1) is 15.0. The number of nitrogens with two attached hydrogens (primary N) is 1. The smallest absolute Gasteiger partial charge is 0.287 e. The minimum Gasteiger partial charge on any atom is -0.371 e. The Bertz CT molecular complexity index is 470. The van der Waals surface area contributed by atoms with Gasteiger partial charge in [0.25, 0.3) is 5.56 Å². The highest BCUT2D eigenvalue weighted by molar-refractivity contribution is 6.33. The van der Waals surface area contributed by atoms with Crippen LogP contribution in [0, 0.1) is 5.41 Å². The molecule has 0 aromatic carbocycles. The second kappa shape index (κ2) is 5.71. The zero-order valence-corrected chi connectivity index (χ0v) is 12.2. The van der Waals surface area contributed by atoms with Gasteiger partial charge < -0.3 is 10.6 Å². The lowest BCUT2D eigenvalue weighted by atomic mass is 9.93. The van der Waals surface area contributed by atoms with Crippen molar-refractivity contribution in [3.63, 3.8) is 0 Å². The Morgan fingerprint density at radius 2 is 2.17 bits per heavy atom. The van der Waals surface area contributed by atoms with Crippen molar-refractivity contribution in [2.24, 2.45) is 11.1 Å². The number of aryl methyl sites for hydroxylation is 1. The van der Waals surface area contributed by atoms with Gasteiger partial charge in [-0.3, -0.25) is 4.79 Å². The summed E-state index contributed by atoms with van der Waals surface area (Å²) >= 11 is 6.10. The van der Waals surface area contributed by atoms with E-state index in [1.807, 2.05) is 18.9 Å². The fourth-order valence-electron chi connectivity index (χ4n) is 1.74. The number of halogens is 1. The van der Waals surface area contributed by atoms with E-state index in [2.05, 4.69) is 18.9 Å². The first-order valence-electron chi connectivity index (χ1n) is 5.99. The van der Waals surface area contributed by atoms with Crippen molar-refractivity contribution < 1.29 is 0 Å². The summed E-state index contributed by atoms with van der Waals surface area (Å²) in [5.74, 6) is 0. The largest absolute Gasteiger partial charge is 0.371 e. The van der Waals surface area contributed by atoms with Crippen molar-refractivity contribution in [2.75, 3.05) is 25.0 Å². The molecule has 1 rings (SSSR count). The van der Waals surface area contributed by atoms with E-state index in [1.165, 1.54) is 4.68 Å². The van der Waals surface area contributed by atoms with E-state index in [1.54, 1.807) is 6.20 Å². The summed E-state index contributed by atoms with van der Waals surface area (Å²) in [5, 5.41) is 4.29. The van der Waals surface area contributed by atoms with Crippen LogP contribution in [0.3, 0.4) is 0 Å². The maximum absolute atomic E-state index is 11.9. The Balaban J connectivity index is 3.04. The molecule has 0 saturated heterocycles. The van der Waals surface area contributed by atoms with E-state index < -0.39 is 0 Å². The van der Waals surface area contributed by atoms with Crippen LogP contribution in [0.1, 0.15) is 20.8 Å². The second-order valence-electron chi connectivity index (χ2n) is 5.19. The van der Waals surface area contributed by atoms with Crippen LogP contribution in [-0.4, -0.2) is 29.9 Å². The van der Waals surface area contributed by atoms with Crippen LogP contribution in [0.2, 0.25) is 5.02 Å². The molecule has 0 radical (unpaired) electrons. The quantitative estimate of drug-likeness (QED) is 0.879. The van der Waals surface area contributed by atoms with Gasteiger partial charge in [0.2, 0.25) is 0 Å². The Labute approximate surface area is 113 Å². The fourth-order valence-corrected chi connectivity index (χ4v) is 2.03. The molecule has 1 aromatic rings.